The molecule has 114 valence electrons. The van der Waals surface area contributed by atoms with Crippen LogP contribution in [0.5, 0.6) is 0 Å². The Kier molecular flexibility index (Phi) is 3.34. The highest BCUT2D eigenvalue weighted by atomic mass is 35.5. The minimum Gasteiger partial charge on any atom is -0.381 e. The summed E-state index contributed by atoms with van der Waals surface area (Å²) in [6.45, 7) is 1.18. The van der Waals surface area contributed by atoms with E-state index < -0.39 is 17.4 Å². The van der Waals surface area contributed by atoms with Gasteiger partial charge in [0.2, 0.25) is 0 Å². The van der Waals surface area contributed by atoms with E-state index in [0.29, 0.717) is 16.1 Å². The zero-order valence-corrected chi connectivity index (χ0v) is 12.3. The zero-order valence-electron chi connectivity index (χ0n) is 11.6. The van der Waals surface area contributed by atoms with Gasteiger partial charge in [0.1, 0.15) is 5.60 Å². The highest BCUT2D eigenvalue weighted by Gasteiger charge is 2.52. The van der Waals surface area contributed by atoms with E-state index in [-0.39, 0.29) is 11.1 Å². The van der Waals surface area contributed by atoms with Crippen LogP contribution in [-0.4, -0.2) is 11.3 Å². The number of halogens is 4. The number of hydrogen-bond donors (Lipinski definition) is 1. The Balaban J connectivity index is 2.36. The van der Waals surface area contributed by atoms with Gasteiger partial charge < -0.3 is 5.11 Å². The highest BCUT2D eigenvalue weighted by molar-refractivity contribution is 6.30. The molecule has 1 atom stereocenters. The molecule has 2 aromatic rings. The molecule has 1 nitrogen and oxygen atoms in total. The van der Waals surface area contributed by atoms with Crippen molar-refractivity contribution in [3.63, 3.8) is 0 Å². The van der Waals surface area contributed by atoms with Crippen LogP contribution >= 0.6 is 11.6 Å². The highest BCUT2D eigenvalue weighted by Crippen LogP contribution is 2.53. The van der Waals surface area contributed by atoms with Crippen LogP contribution in [0.25, 0.3) is 5.57 Å². The van der Waals surface area contributed by atoms with Crippen LogP contribution in [0, 0.1) is 0 Å². The summed E-state index contributed by atoms with van der Waals surface area (Å²) < 4.78 is 40.8. The smallest absolute Gasteiger partial charge is 0.381 e. The first kappa shape index (κ1) is 15.1. The monoisotopic (exact) mass is 324 g/mol. The van der Waals surface area contributed by atoms with Crippen LogP contribution in [0.2, 0.25) is 5.02 Å². The maximum atomic E-state index is 13.6. The van der Waals surface area contributed by atoms with Crippen molar-refractivity contribution < 1.29 is 18.3 Å². The lowest BCUT2D eigenvalue weighted by molar-refractivity contribution is -0.117. The van der Waals surface area contributed by atoms with Gasteiger partial charge in [-0.15, -0.1) is 0 Å². The fraction of sp³-hybridized carbons (Fsp3) is 0.176. The maximum absolute atomic E-state index is 13.6. The lowest BCUT2D eigenvalue weighted by atomic mass is 9.91. The number of benzene rings is 2. The average Bonchev–Trinajstić information content (AvgIpc) is 2.68. The second-order valence-corrected chi connectivity index (χ2v) is 5.81. The zero-order chi connectivity index (χ0) is 16.1. The molecule has 0 saturated carbocycles. The van der Waals surface area contributed by atoms with Crippen molar-refractivity contribution in [2.75, 3.05) is 0 Å². The minimum atomic E-state index is -4.64. The number of aliphatic hydroxyl groups is 1. The van der Waals surface area contributed by atoms with E-state index in [4.69, 9.17) is 11.6 Å². The molecule has 0 saturated heterocycles. The minimum absolute atomic E-state index is 0.00441. The van der Waals surface area contributed by atoms with E-state index in [1.807, 2.05) is 0 Å². The van der Waals surface area contributed by atoms with Gasteiger partial charge in [-0.25, -0.2) is 0 Å². The third-order valence-electron chi connectivity index (χ3n) is 3.87. The molecule has 0 aliphatic heterocycles. The second kappa shape index (κ2) is 4.86. The Morgan fingerprint density at radius 3 is 2.18 bits per heavy atom. The predicted octanol–water partition coefficient (Wildman–Crippen LogP) is 4.93. The molecule has 5 heteroatoms. The summed E-state index contributed by atoms with van der Waals surface area (Å²) >= 11 is 5.81. The van der Waals surface area contributed by atoms with Gasteiger partial charge in [-0.1, -0.05) is 48.0 Å². The summed E-state index contributed by atoms with van der Waals surface area (Å²) in [5.41, 5.74) is -1.99. The quantitative estimate of drug-likeness (QED) is 0.789. The van der Waals surface area contributed by atoms with Gasteiger partial charge in [0, 0.05) is 10.6 Å². The molecule has 0 radical (unpaired) electrons. The molecule has 3 rings (SSSR count). The Morgan fingerprint density at radius 2 is 1.59 bits per heavy atom. The summed E-state index contributed by atoms with van der Waals surface area (Å²) in [6, 6.07) is 12.5. The van der Waals surface area contributed by atoms with Gasteiger partial charge >= 0.3 is 6.18 Å². The van der Waals surface area contributed by atoms with E-state index in [2.05, 4.69) is 0 Å². The van der Waals surface area contributed by atoms with Crippen molar-refractivity contribution in [1.29, 1.82) is 0 Å². The van der Waals surface area contributed by atoms with Crippen LogP contribution in [-0.2, 0) is 5.60 Å². The molecular formula is C17H12ClF3O. The lowest BCUT2D eigenvalue weighted by Crippen LogP contribution is -2.30. The van der Waals surface area contributed by atoms with Crippen LogP contribution in [0.15, 0.2) is 54.1 Å². The molecule has 0 spiro atoms. The number of rotatable bonds is 1. The van der Waals surface area contributed by atoms with Gasteiger partial charge in [-0.05, 0) is 35.7 Å². The summed E-state index contributed by atoms with van der Waals surface area (Å²) in [7, 11) is 0. The maximum Gasteiger partial charge on any atom is 0.416 e. The van der Waals surface area contributed by atoms with E-state index in [0.717, 1.165) is 0 Å². The Morgan fingerprint density at radius 1 is 1.00 bits per heavy atom. The number of alkyl halides is 3. The van der Waals surface area contributed by atoms with Gasteiger partial charge in [0.05, 0.1) is 5.57 Å². The molecule has 22 heavy (non-hydrogen) atoms. The van der Waals surface area contributed by atoms with Gasteiger partial charge in [-0.3, -0.25) is 0 Å². The Hall–Kier alpha value is -1.78. The standard InChI is InChI=1S/C17H12ClF3O/c1-16(22)13-5-3-2-4-12(13)14(15(16)17(19,20)21)10-6-8-11(18)9-7-10/h2-9,22H,1H3. The van der Waals surface area contributed by atoms with E-state index >= 15 is 0 Å². The van der Waals surface area contributed by atoms with Crippen LogP contribution < -0.4 is 0 Å². The van der Waals surface area contributed by atoms with Gasteiger partial charge in [0.25, 0.3) is 0 Å². The Labute approximate surface area is 130 Å². The van der Waals surface area contributed by atoms with Crippen molar-refractivity contribution in [2.24, 2.45) is 0 Å². The molecule has 1 aliphatic carbocycles. The van der Waals surface area contributed by atoms with Crippen molar-refractivity contribution in [3.8, 4) is 0 Å². The molecule has 0 bridgehead atoms. The lowest BCUT2D eigenvalue weighted by Gasteiger charge is -2.25. The SMILES string of the molecule is CC1(O)C(C(F)(F)F)=C(c2ccc(Cl)cc2)c2ccccc21. The topological polar surface area (TPSA) is 20.2 Å². The summed E-state index contributed by atoms with van der Waals surface area (Å²) in [6.07, 6.45) is -4.64. The van der Waals surface area contributed by atoms with E-state index in [1.54, 1.807) is 18.2 Å². The molecule has 0 aromatic heterocycles. The first-order valence-electron chi connectivity index (χ1n) is 6.63. The largest absolute Gasteiger partial charge is 0.416 e. The van der Waals surface area contributed by atoms with Crippen molar-refractivity contribution in [1.82, 2.24) is 0 Å². The summed E-state index contributed by atoms with van der Waals surface area (Å²) in [4.78, 5) is 0. The fourth-order valence-corrected chi connectivity index (χ4v) is 3.10. The summed E-state index contributed by atoms with van der Waals surface area (Å²) in [5.74, 6) is 0. The molecule has 0 amide bonds. The van der Waals surface area contributed by atoms with E-state index in [1.165, 1.54) is 37.3 Å². The third kappa shape index (κ3) is 2.23. The molecule has 1 N–H and O–H groups in total. The molecule has 0 heterocycles. The van der Waals surface area contributed by atoms with Gasteiger partial charge in [0.15, 0.2) is 0 Å². The molecule has 2 aromatic carbocycles. The number of fused-ring (bicyclic) bond motifs is 1. The molecular weight excluding hydrogens is 313 g/mol. The average molecular weight is 325 g/mol. The summed E-state index contributed by atoms with van der Waals surface area (Å²) in [5, 5.41) is 11.0. The first-order valence-corrected chi connectivity index (χ1v) is 7.01. The van der Waals surface area contributed by atoms with Gasteiger partial charge in [-0.2, -0.15) is 13.2 Å². The van der Waals surface area contributed by atoms with E-state index in [9.17, 15) is 18.3 Å². The van der Waals surface area contributed by atoms with Crippen molar-refractivity contribution >= 4 is 17.2 Å². The van der Waals surface area contributed by atoms with Crippen LogP contribution in [0.1, 0.15) is 23.6 Å². The second-order valence-electron chi connectivity index (χ2n) is 5.37. The molecule has 0 fully saturated rings. The van der Waals surface area contributed by atoms with Crippen LogP contribution in [0.3, 0.4) is 0 Å². The molecule has 1 unspecified atom stereocenters. The van der Waals surface area contributed by atoms with Crippen LogP contribution in [0.4, 0.5) is 13.2 Å². The predicted molar refractivity (Wildman–Crippen MR) is 79.5 cm³/mol. The Bertz CT molecular complexity index is 758. The van der Waals surface area contributed by atoms with Crippen molar-refractivity contribution in [3.05, 3.63) is 75.8 Å². The van der Waals surface area contributed by atoms with Crippen molar-refractivity contribution in [2.45, 2.75) is 18.7 Å². The first-order chi connectivity index (χ1) is 10.2. The number of hydrogen-bond acceptors (Lipinski definition) is 1. The third-order valence-corrected chi connectivity index (χ3v) is 4.13. The fourth-order valence-electron chi connectivity index (χ4n) is 2.97. The molecule has 1 aliphatic rings. The normalized spacial score (nSPS) is 21.2.